The molecule has 1 heterocycles. The topological polar surface area (TPSA) is 60.7 Å². The highest BCUT2D eigenvalue weighted by Crippen LogP contribution is 2.23. The summed E-state index contributed by atoms with van der Waals surface area (Å²) < 4.78 is 0. The summed E-state index contributed by atoms with van der Waals surface area (Å²) in [7, 11) is 0. The number of rotatable bonds is 4. The second-order valence-electron chi connectivity index (χ2n) is 5.77. The molecule has 23 heavy (non-hydrogen) atoms. The first-order valence-corrected chi connectivity index (χ1v) is 7.78. The number of aryl methyl sites for hydroxylation is 2. The molecule has 0 unspecified atom stereocenters. The van der Waals surface area contributed by atoms with Crippen molar-refractivity contribution in [2.45, 2.75) is 25.8 Å². The van der Waals surface area contributed by atoms with Crippen LogP contribution in [0, 0.1) is 0 Å². The molecule has 1 aromatic heterocycles. The zero-order valence-corrected chi connectivity index (χ0v) is 12.6. The van der Waals surface area contributed by atoms with Crippen LogP contribution in [0.25, 0.3) is 11.4 Å². The van der Waals surface area contributed by atoms with Gasteiger partial charge in [-0.25, -0.2) is 0 Å². The first-order valence-electron chi connectivity index (χ1n) is 7.78. The number of hydrogen-bond acceptors (Lipinski definition) is 4. The maximum absolute atomic E-state index is 12.4. The molecule has 4 rings (SSSR count). The van der Waals surface area contributed by atoms with E-state index in [1.54, 1.807) is 0 Å². The van der Waals surface area contributed by atoms with Gasteiger partial charge in [-0.2, -0.15) is 4.80 Å². The molecule has 3 aromatic rings. The number of aromatic nitrogens is 4. The molecular weight excluding hydrogens is 288 g/mol. The third-order valence-corrected chi connectivity index (χ3v) is 4.19. The van der Waals surface area contributed by atoms with Crippen LogP contribution in [0.3, 0.4) is 0 Å². The molecule has 0 fully saturated rings. The van der Waals surface area contributed by atoms with E-state index in [1.807, 2.05) is 42.5 Å². The van der Waals surface area contributed by atoms with Crippen LogP contribution in [-0.2, 0) is 19.4 Å². The smallest absolute Gasteiger partial charge is 0.204 e. The Bertz CT molecular complexity index is 854. The lowest BCUT2D eigenvalue weighted by molar-refractivity contribution is 0.0961. The molecular formula is C18H16N4O. The summed E-state index contributed by atoms with van der Waals surface area (Å²) in [6.45, 7) is 0.110. The van der Waals surface area contributed by atoms with Crippen molar-refractivity contribution >= 4 is 5.78 Å². The summed E-state index contributed by atoms with van der Waals surface area (Å²) in [4.78, 5) is 13.8. The van der Waals surface area contributed by atoms with Crippen LogP contribution in [0.5, 0.6) is 0 Å². The van der Waals surface area contributed by atoms with Crippen molar-refractivity contribution in [3.05, 3.63) is 65.2 Å². The van der Waals surface area contributed by atoms with Crippen LogP contribution >= 0.6 is 0 Å². The van der Waals surface area contributed by atoms with Gasteiger partial charge < -0.3 is 0 Å². The second kappa shape index (κ2) is 5.76. The average Bonchev–Trinajstić information content (AvgIpc) is 3.24. The molecule has 0 N–H and O–H groups in total. The predicted octanol–water partition coefficient (Wildman–Crippen LogP) is 2.71. The number of benzene rings is 2. The van der Waals surface area contributed by atoms with E-state index in [9.17, 15) is 4.79 Å². The maximum atomic E-state index is 12.4. The quantitative estimate of drug-likeness (QED) is 0.695. The third-order valence-electron chi connectivity index (χ3n) is 4.19. The van der Waals surface area contributed by atoms with Crippen LogP contribution in [-0.4, -0.2) is 26.0 Å². The normalized spacial score (nSPS) is 13.0. The molecule has 0 aliphatic heterocycles. The second-order valence-corrected chi connectivity index (χ2v) is 5.77. The highest BCUT2D eigenvalue weighted by atomic mass is 16.1. The SMILES string of the molecule is O=C(Cn1nnc(-c2ccccc2)n1)c1ccc2c(c1)CCC2. The van der Waals surface area contributed by atoms with Gasteiger partial charge in [0.2, 0.25) is 5.82 Å². The lowest BCUT2D eigenvalue weighted by atomic mass is 10.0. The number of carbonyl (C=O) groups is 1. The minimum absolute atomic E-state index is 0.0108. The highest BCUT2D eigenvalue weighted by molar-refractivity contribution is 5.96. The zero-order chi connectivity index (χ0) is 15.6. The Morgan fingerprint density at radius 1 is 1.04 bits per heavy atom. The van der Waals surface area contributed by atoms with E-state index < -0.39 is 0 Å². The number of fused-ring (bicyclic) bond motifs is 1. The molecule has 0 amide bonds. The molecule has 2 aromatic carbocycles. The van der Waals surface area contributed by atoms with Crippen molar-refractivity contribution in [1.82, 2.24) is 20.2 Å². The largest absolute Gasteiger partial charge is 0.292 e. The van der Waals surface area contributed by atoms with Gasteiger partial charge in [0, 0.05) is 11.1 Å². The van der Waals surface area contributed by atoms with Gasteiger partial charge in [0.15, 0.2) is 5.78 Å². The lowest BCUT2D eigenvalue weighted by Crippen LogP contribution is -2.13. The molecule has 0 radical (unpaired) electrons. The van der Waals surface area contributed by atoms with E-state index >= 15 is 0 Å². The zero-order valence-electron chi connectivity index (χ0n) is 12.6. The van der Waals surface area contributed by atoms with E-state index in [1.165, 1.54) is 22.3 Å². The minimum Gasteiger partial charge on any atom is -0.292 e. The highest BCUT2D eigenvalue weighted by Gasteiger charge is 2.15. The fourth-order valence-corrected chi connectivity index (χ4v) is 2.98. The Hall–Kier alpha value is -2.82. The van der Waals surface area contributed by atoms with Crippen molar-refractivity contribution in [2.75, 3.05) is 0 Å². The van der Waals surface area contributed by atoms with E-state index in [0.717, 1.165) is 24.0 Å². The molecule has 1 aliphatic rings. The Morgan fingerprint density at radius 3 is 2.74 bits per heavy atom. The van der Waals surface area contributed by atoms with Gasteiger partial charge in [0.1, 0.15) is 6.54 Å². The Morgan fingerprint density at radius 2 is 1.87 bits per heavy atom. The summed E-state index contributed by atoms with van der Waals surface area (Å²) in [5, 5.41) is 12.3. The molecule has 0 spiro atoms. The number of Topliss-reactive ketones (excluding diaryl/α,β-unsaturated/α-hetero) is 1. The molecule has 0 saturated carbocycles. The number of nitrogens with zero attached hydrogens (tertiary/aromatic N) is 4. The Labute approximate surface area is 134 Å². The minimum atomic E-state index is 0.0108. The molecule has 114 valence electrons. The van der Waals surface area contributed by atoms with Crippen molar-refractivity contribution in [3.63, 3.8) is 0 Å². The van der Waals surface area contributed by atoms with Gasteiger partial charge in [-0.05, 0) is 41.7 Å². The van der Waals surface area contributed by atoms with Gasteiger partial charge >= 0.3 is 0 Å². The summed E-state index contributed by atoms with van der Waals surface area (Å²) in [6.07, 6.45) is 3.36. The molecule has 0 saturated heterocycles. The molecule has 1 aliphatic carbocycles. The van der Waals surface area contributed by atoms with Crippen LogP contribution in [0.2, 0.25) is 0 Å². The maximum Gasteiger partial charge on any atom is 0.204 e. The Kier molecular flexibility index (Phi) is 3.46. The van der Waals surface area contributed by atoms with Crippen molar-refractivity contribution in [1.29, 1.82) is 0 Å². The van der Waals surface area contributed by atoms with E-state index in [4.69, 9.17) is 0 Å². The summed E-state index contributed by atoms with van der Waals surface area (Å²) in [5.41, 5.74) is 4.28. The average molecular weight is 304 g/mol. The predicted molar refractivity (Wildman–Crippen MR) is 86.1 cm³/mol. The first kappa shape index (κ1) is 13.8. The summed E-state index contributed by atoms with van der Waals surface area (Å²) >= 11 is 0. The van der Waals surface area contributed by atoms with Gasteiger partial charge in [-0.15, -0.1) is 10.2 Å². The molecule has 5 heteroatoms. The fourth-order valence-electron chi connectivity index (χ4n) is 2.98. The van der Waals surface area contributed by atoms with E-state index in [2.05, 4.69) is 21.5 Å². The summed E-state index contributed by atoms with van der Waals surface area (Å²) in [6, 6.07) is 15.6. The standard InChI is InChI=1S/C18H16N4O/c23-17(16-10-9-13-7-4-8-15(13)11-16)12-22-20-18(19-21-22)14-5-2-1-3-6-14/h1-3,5-6,9-11H,4,7-8,12H2. The number of ketones is 1. The Balaban J connectivity index is 1.52. The van der Waals surface area contributed by atoms with E-state index in [-0.39, 0.29) is 12.3 Å². The van der Waals surface area contributed by atoms with Crippen LogP contribution in [0.15, 0.2) is 48.5 Å². The molecule has 0 bridgehead atoms. The van der Waals surface area contributed by atoms with Crippen LogP contribution < -0.4 is 0 Å². The number of hydrogen-bond donors (Lipinski definition) is 0. The summed E-state index contributed by atoms with van der Waals surface area (Å²) in [5.74, 6) is 0.545. The molecule has 0 atom stereocenters. The van der Waals surface area contributed by atoms with Crippen molar-refractivity contribution in [3.8, 4) is 11.4 Å². The van der Waals surface area contributed by atoms with Gasteiger partial charge in [-0.1, -0.05) is 42.5 Å². The van der Waals surface area contributed by atoms with E-state index in [0.29, 0.717) is 5.82 Å². The number of carbonyl (C=O) groups excluding carboxylic acids is 1. The third kappa shape index (κ3) is 2.77. The van der Waals surface area contributed by atoms with Crippen molar-refractivity contribution < 1.29 is 4.79 Å². The first-order chi connectivity index (χ1) is 11.3. The lowest BCUT2D eigenvalue weighted by Gasteiger charge is -2.03. The van der Waals surface area contributed by atoms with Crippen LogP contribution in [0.4, 0.5) is 0 Å². The van der Waals surface area contributed by atoms with Crippen molar-refractivity contribution in [2.24, 2.45) is 0 Å². The fraction of sp³-hybridized carbons (Fsp3) is 0.222. The van der Waals surface area contributed by atoms with Crippen LogP contribution in [0.1, 0.15) is 27.9 Å². The molecule has 5 nitrogen and oxygen atoms in total. The van der Waals surface area contributed by atoms with Gasteiger partial charge in [0.05, 0.1) is 0 Å². The monoisotopic (exact) mass is 304 g/mol. The van der Waals surface area contributed by atoms with Gasteiger partial charge in [0.25, 0.3) is 0 Å². The van der Waals surface area contributed by atoms with Gasteiger partial charge in [-0.3, -0.25) is 4.79 Å². The number of tetrazole rings is 1.